The number of carbonyl (C=O) groups excluding carboxylic acids is 1. The van der Waals surface area contributed by atoms with Crippen LogP contribution in [0.15, 0.2) is 46.1 Å². The summed E-state index contributed by atoms with van der Waals surface area (Å²) in [5, 5.41) is 2.91. The Kier molecular flexibility index (Phi) is 5.42. The molecule has 0 bridgehead atoms. The van der Waals surface area contributed by atoms with Gasteiger partial charge in [-0.15, -0.1) is 0 Å². The average molecular weight is 347 g/mol. The standard InChI is InChI=1S/C17H21N3O3S/c1-19-5-2-3-14(17(19)22)16(21)18-11-15(13-4-8-23-12-13)20-6-9-24-10-7-20/h2-5,8,12,15H,6-7,9-11H2,1H3,(H,18,21). The summed E-state index contributed by atoms with van der Waals surface area (Å²) in [6.45, 7) is 2.40. The molecule has 0 radical (unpaired) electrons. The van der Waals surface area contributed by atoms with Crippen LogP contribution < -0.4 is 10.9 Å². The molecule has 2 aromatic rings. The Morgan fingerprint density at radius 3 is 2.88 bits per heavy atom. The predicted molar refractivity (Wildman–Crippen MR) is 94.4 cm³/mol. The van der Waals surface area contributed by atoms with Gasteiger partial charge in [-0.05, 0) is 18.2 Å². The number of hydrogen-bond acceptors (Lipinski definition) is 5. The number of thioether (sulfide) groups is 1. The molecule has 3 rings (SSSR count). The van der Waals surface area contributed by atoms with Crippen molar-refractivity contribution in [3.63, 3.8) is 0 Å². The van der Waals surface area contributed by atoms with Gasteiger partial charge in [0.15, 0.2) is 0 Å². The van der Waals surface area contributed by atoms with Gasteiger partial charge in [-0.1, -0.05) is 0 Å². The molecule has 1 fully saturated rings. The maximum Gasteiger partial charge on any atom is 0.263 e. The lowest BCUT2D eigenvalue weighted by atomic mass is 10.1. The Bertz CT molecular complexity index is 736. The van der Waals surface area contributed by atoms with E-state index in [9.17, 15) is 9.59 Å². The summed E-state index contributed by atoms with van der Waals surface area (Å²) in [6.07, 6.45) is 5.01. The number of aromatic nitrogens is 1. The summed E-state index contributed by atoms with van der Waals surface area (Å²) in [7, 11) is 1.64. The third-order valence-electron chi connectivity index (χ3n) is 4.24. The van der Waals surface area contributed by atoms with Gasteiger partial charge in [0, 0.05) is 49.9 Å². The minimum Gasteiger partial charge on any atom is -0.472 e. The first-order valence-corrected chi connectivity index (χ1v) is 9.10. The molecule has 1 aliphatic rings. The number of pyridine rings is 1. The highest BCUT2D eigenvalue weighted by Crippen LogP contribution is 2.24. The summed E-state index contributed by atoms with van der Waals surface area (Å²) in [5.74, 6) is 1.83. The van der Waals surface area contributed by atoms with E-state index >= 15 is 0 Å². The van der Waals surface area contributed by atoms with Gasteiger partial charge in [0.05, 0.1) is 18.6 Å². The molecule has 3 heterocycles. The third-order valence-corrected chi connectivity index (χ3v) is 5.18. The summed E-state index contributed by atoms with van der Waals surface area (Å²) in [6, 6.07) is 5.25. The first kappa shape index (κ1) is 16.9. The second kappa shape index (κ2) is 7.72. The molecule has 1 atom stereocenters. The normalized spacial score (nSPS) is 16.7. The number of hydrogen-bond donors (Lipinski definition) is 1. The quantitative estimate of drug-likeness (QED) is 0.888. The van der Waals surface area contributed by atoms with Crippen LogP contribution in [-0.4, -0.2) is 46.5 Å². The molecule has 1 N–H and O–H groups in total. The zero-order valence-electron chi connectivity index (χ0n) is 13.6. The van der Waals surface area contributed by atoms with E-state index in [0.29, 0.717) is 6.54 Å². The van der Waals surface area contributed by atoms with Crippen molar-refractivity contribution in [2.75, 3.05) is 31.1 Å². The van der Waals surface area contributed by atoms with Crippen molar-refractivity contribution in [3.8, 4) is 0 Å². The summed E-state index contributed by atoms with van der Waals surface area (Å²) in [4.78, 5) is 26.8. The van der Waals surface area contributed by atoms with Crippen LogP contribution in [0.5, 0.6) is 0 Å². The van der Waals surface area contributed by atoms with E-state index in [1.807, 2.05) is 17.8 Å². The monoisotopic (exact) mass is 347 g/mol. The second-order valence-electron chi connectivity index (χ2n) is 5.77. The lowest BCUT2D eigenvalue weighted by Crippen LogP contribution is -2.42. The zero-order chi connectivity index (χ0) is 16.9. The van der Waals surface area contributed by atoms with Crippen LogP contribution in [0.1, 0.15) is 22.0 Å². The van der Waals surface area contributed by atoms with Crippen molar-refractivity contribution in [2.24, 2.45) is 7.05 Å². The number of furan rings is 1. The number of rotatable bonds is 5. The van der Waals surface area contributed by atoms with E-state index < -0.39 is 0 Å². The van der Waals surface area contributed by atoms with Crippen LogP contribution in [0.4, 0.5) is 0 Å². The number of nitrogens with one attached hydrogen (secondary N) is 1. The van der Waals surface area contributed by atoms with Crippen LogP contribution in [0, 0.1) is 0 Å². The van der Waals surface area contributed by atoms with E-state index in [-0.39, 0.29) is 23.1 Å². The number of aryl methyl sites for hydroxylation is 1. The highest BCUT2D eigenvalue weighted by atomic mass is 32.2. The van der Waals surface area contributed by atoms with Crippen molar-refractivity contribution in [2.45, 2.75) is 6.04 Å². The molecule has 128 valence electrons. The van der Waals surface area contributed by atoms with Crippen molar-refractivity contribution in [1.29, 1.82) is 0 Å². The largest absolute Gasteiger partial charge is 0.472 e. The van der Waals surface area contributed by atoms with Crippen molar-refractivity contribution in [1.82, 2.24) is 14.8 Å². The van der Waals surface area contributed by atoms with Crippen LogP contribution in [0.2, 0.25) is 0 Å². The number of nitrogens with zero attached hydrogens (tertiary/aromatic N) is 2. The molecule has 6 nitrogen and oxygen atoms in total. The molecular weight excluding hydrogens is 326 g/mol. The van der Waals surface area contributed by atoms with Crippen molar-refractivity contribution < 1.29 is 9.21 Å². The number of carbonyl (C=O) groups is 1. The fraction of sp³-hybridized carbons (Fsp3) is 0.412. The smallest absolute Gasteiger partial charge is 0.263 e. The van der Waals surface area contributed by atoms with Crippen LogP contribution in [0.3, 0.4) is 0 Å². The van der Waals surface area contributed by atoms with Gasteiger partial charge in [0.1, 0.15) is 5.56 Å². The van der Waals surface area contributed by atoms with Gasteiger partial charge in [-0.25, -0.2) is 0 Å². The average Bonchev–Trinajstić information content (AvgIpc) is 3.12. The Hall–Kier alpha value is -1.99. The van der Waals surface area contributed by atoms with Gasteiger partial charge < -0.3 is 14.3 Å². The summed E-state index contributed by atoms with van der Waals surface area (Å²) in [5.41, 5.74) is 0.924. The van der Waals surface area contributed by atoms with E-state index in [1.165, 1.54) is 4.57 Å². The highest BCUT2D eigenvalue weighted by Gasteiger charge is 2.24. The highest BCUT2D eigenvalue weighted by molar-refractivity contribution is 7.99. The molecule has 7 heteroatoms. The molecule has 0 saturated carbocycles. The lowest BCUT2D eigenvalue weighted by molar-refractivity contribution is 0.0932. The fourth-order valence-corrected chi connectivity index (χ4v) is 3.80. The molecule has 0 spiro atoms. The molecule has 0 aromatic carbocycles. The maximum atomic E-state index is 12.4. The van der Waals surface area contributed by atoms with Crippen LogP contribution in [-0.2, 0) is 7.05 Å². The molecule has 1 saturated heterocycles. The Morgan fingerprint density at radius 1 is 1.38 bits per heavy atom. The zero-order valence-corrected chi connectivity index (χ0v) is 14.4. The van der Waals surface area contributed by atoms with E-state index in [4.69, 9.17) is 4.42 Å². The topological polar surface area (TPSA) is 67.5 Å². The minimum atomic E-state index is -0.337. The molecular formula is C17H21N3O3S. The molecule has 0 aliphatic carbocycles. The van der Waals surface area contributed by atoms with Crippen LogP contribution in [0.25, 0.3) is 0 Å². The first-order chi connectivity index (χ1) is 11.7. The second-order valence-corrected chi connectivity index (χ2v) is 6.99. The predicted octanol–water partition coefficient (Wildman–Crippen LogP) is 1.50. The molecule has 1 aliphatic heterocycles. The van der Waals surface area contributed by atoms with Gasteiger partial charge >= 0.3 is 0 Å². The van der Waals surface area contributed by atoms with Gasteiger partial charge in [0.25, 0.3) is 11.5 Å². The SMILES string of the molecule is Cn1cccc(C(=O)NCC(c2ccoc2)N2CCSCC2)c1=O. The third kappa shape index (κ3) is 3.73. The van der Waals surface area contributed by atoms with Gasteiger partial charge in [-0.2, -0.15) is 11.8 Å². The van der Waals surface area contributed by atoms with Crippen molar-refractivity contribution in [3.05, 3.63) is 58.4 Å². The summed E-state index contributed by atoms with van der Waals surface area (Å²) < 4.78 is 6.62. The van der Waals surface area contributed by atoms with Crippen LogP contribution >= 0.6 is 11.8 Å². The molecule has 1 unspecified atom stereocenters. The Labute approximate surface area is 144 Å². The van der Waals surface area contributed by atoms with Gasteiger partial charge in [0.2, 0.25) is 0 Å². The lowest BCUT2D eigenvalue weighted by Gasteiger charge is -2.33. The Balaban J connectivity index is 1.72. The first-order valence-electron chi connectivity index (χ1n) is 7.94. The van der Waals surface area contributed by atoms with Crippen molar-refractivity contribution >= 4 is 17.7 Å². The van der Waals surface area contributed by atoms with E-state index in [0.717, 1.165) is 30.2 Å². The fourth-order valence-electron chi connectivity index (χ4n) is 2.87. The van der Waals surface area contributed by atoms with E-state index in [1.54, 1.807) is 37.9 Å². The Morgan fingerprint density at radius 2 is 2.17 bits per heavy atom. The van der Waals surface area contributed by atoms with E-state index in [2.05, 4.69) is 10.2 Å². The van der Waals surface area contributed by atoms with Gasteiger partial charge in [-0.3, -0.25) is 14.5 Å². The number of amides is 1. The molecule has 2 aromatic heterocycles. The minimum absolute atomic E-state index is 0.0566. The molecule has 24 heavy (non-hydrogen) atoms. The summed E-state index contributed by atoms with van der Waals surface area (Å²) >= 11 is 1.94. The maximum absolute atomic E-state index is 12.4. The molecule has 1 amide bonds.